The summed E-state index contributed by atoms with van der Waals surface area (Å²) in [6.45, 7) is 1.40. The fraction of sp³-hybridized carbons (Fsp3) is 0.167. The van der Waals surface area contributed by atoms with E-state index in [2.05, 4.69) is 17.0 Å². The number of rotatable bonds is 2. The predicted molar refractivity (Wildman–Crippen MR) is 80.1 cm³/mol. The van der Waals surface area contributed by atoms with Gasteiger partial charge in [0.15, 0.2) is 18.2 Å². The average molecular weight is 295 g/mol. The molecule has 0 amide bonds. The summed E-state index contributed by atoms with van der Waals surface area (Å²) < 4.78 is 21.4. The van der Waals surface area contributed by atoms with Gasteiger partial charge in [0.2, 0.25) is 0 Å². The summed E-state index contributed by atoms with van der Waals surface area (Å²) in [5.41, 5.74) is 3.16. The number of halogens is 1. The summed E-state index contributed by atoms with van der Waals surface area (Å²) in [6.07, 6.45) is 8.05. The quantitative estimate of drug-likeness (QED) is 0.792. The van der Waals surface area contributed by atoms with E-state index in [0.717, 1.165) is 29.3 Å². The van der Waals surface area contributed by atoms with Gasteiger partial charge >= 0.3 is 0 Å². The van der Waals surface area contributed by atoms with Gasteiger partial charge in [-0.1, -0.05) is 0 Å². The maximum Gasteiger partial charge on any atom is 0.168 e. The van der Waals surface area contributed by atoms with E-state index in [9.17, 15) is 4.39 Å². The SMILES string of the molecule is C[n+]1ccc(CN2Cc3cc(F)ccc3OC3=C2C=C3)cc1. The van der Waals surface area contributed by atoms with Crippen LogP contribution in [-0.4, -0.2) is 4.90 Å². The van der Waals surface area contributed by atoms with Crippen molar-refractivity contribution in [3.05, 3.63) is 83.3 Å². The zero-order chi connectivity index (χ0) is 15.1. The van der Waals surface area contributed by atoms with Crippen LogP contribution in [0.4, 0.5) is 4.39 Å². The number of hydrogen-bond acceptors (Lipinski definition) is 2. The van der Waals surface area contributed by atoms with Crippen molar-refractivity contribution in [2.75, 3.05) is 0 Å². The number of pyridine rings is 1. The van der Waals surface area contributed by atoms with Crippen molar-refractivity contribution >= 4 is 0 Å². The summed E-state index contributed by atoms with van der Waals surface area (Å²) in [7, 11) is 2.00. The van der Waals surface area contributed by atoms with Gasteiger partial charge in [-0.2, -0.15) is 0 Å². The molecule has 2 aromatic rings. The number of nitrogens with zero attached hydrogens (tertiary/aromatic N) is 2. The lowest BCUT2D eigenvalue weighted by Gasteiger charge is -2.27. The third kappa shape index (κ3) is 2.26. The number of allylic oxidation sites excluding steroid dienone is 2. The minimum atomic E-state index is -0.230. The van der Waals surface area contributed by atoms with Gasteiger partial charge in [0.25, 0.3) is 0 Å². The lowest BCUT2D eigenvalue weighted by molar-refractivity contribution is -0.671. The van der Waals surface area contributed by atoms with Crippen LogP contribution in [0.25, 0.3) is 0 Å². The van der Waals surface area contributed by atoms with Crippen LogP contribution in [0, 0.1) is 5.82 Å². The van der Waals surface area contributed by atoms with E-state index in [1.165, 1.54) is 11.6 Å². The highest BCUT2D eigenvalue weighted by atomic mass is 19.1. The van der Waals surface area contributed by atoms with Crippen molar-refractivity contribution in [1.29, 1.82) is 0 Å². The van der Waals surface area contributed by atoms with Crippen LogP contribution >= 0.6 is 0 Å². The summed E-state index contributed by atoms with van der Waals surface area (Å²) in [5.74, 6) is 1.36. The minimum Gasteiger partial charge on any atom is -0.455 e. The van der Waals surface area contributed by atoms with E-state index in [1.54, 1.807) is 12.1 Å². The van der Waals surface area contributed by atoms with Crippen molar-refractivity contribution in [3.63, 3.8) is 0 Å². The van der Waals surface area contributed by atoms with E-state index in [0.29, 0.717) is 6.54 Å². The Labute approximate surface area is 128 Å². The van der Waals surface area contributed by atoms with Gasteiger partial charge in [-0.05, 0) is 35.9 Å². The highest BCUT2D eigenvalue weighted by Gasteiger charge is 2.25. The largest absolute Gasteiger partial charge is 0.455 e. The van der Waals surface area contributed by atoms with Crippen LogP contribution in [-0.2, 0) is 20.1 Å². The smallest absolute Gasteiger partial charge is 0.168 e. The minimum absolute atomic E-state index is 0.230. The maximum absolute atomic E-state index is 13.5. The number of benzene rings is 1. The Morgan fingerprint density at radius 2 is 2.00 bits per heavy atom. The topological polar surface area (TPSA) is 16.4 Å². The Morgan fingerprint density at radius 3 is 2.73 bits per heavy atom. The number of ether oxygens (including phenoxy) is 1. The van der Waals surface area contributed by atoms with Crippen LogP contribution in [0.3, 0.4) is 0 Å². The third-order valence-electron chi connectivity index (χ3n) is 4.01. The van der Waals surface area contributed by atoms with Crippen molar-refractivity contribution in [1.82, 2.24) is 4.90 Å². The van der Waals surface area contributed by atoms with Gasteiger partial charge in [-0.3, -0.25) is 0 Å². The fourth-order valence-corrected chi connectivity index (χ4v) is 2.75. The van der Waals surface area contributed by atoms with E-state index >= 15 is 0 Å². The second-order valence-electron chi connectivity index (χ2n) is 5.66. The Bertz CT molecular complexity index is 793. The zero-order valence-corrected chi connectivity index (χ0v) is 12.3. The van der Waals surface area contributed by atoms with Crippen LogP contribution in [0.15, 0.2) is 66.3 Å². The molecule has 1 aliphatic heterocycles. The summed E-state index contributed by atoms with van der Waals surface area (Å²) in [5, 5.41) is 0. The molecular weight excluding hydrogens is 279 g/mol. The van der Waals surface area contributed by atoms with Crippen molar-refractivity contribution < 1.29 is 13.7 Å². The maximum atomic E-state index is 13.5. The highest BCUT2D eigenvalue weighted by Crippen LogP contribution is 2.35. The summed E-state index contributed by atoms with van der Waals surface area (Å²) in [6, 6.07) is 8.89. The Hall–Kier alpha value is -2.62. The van der Waals surface area contributed by atoms with Gasteiger partial charge in [0.1, 0.15) is 18.6 Å². The molecule has 0 saturated heterocycles. The van der Waals surface area contributed by atoms with Crippen molar-refractivity contribution in [2.24, 2.45) is 7.05 Å². The van der Waals surface area contributed by atoms with Crippen molar-refractivity contribution in [2.45, 2.75) is 13.1 Å². The fourth-order valence-electron chi connectivity index (χ4n) is 2.75. The van der Waals surface area contributed by atoms with Crippen LogP contribution in [0.1, 0.15) is 11.1 Å². The molecule has 0 radical (unpaired) electrons. The molecule has 2 heterocycles. The first kappa shape index (κ1) is 13.1. The van der Waals surface area contributed by atoms with Gasteiger partial charge in [0.05, 0.1) is 5.70 Å². The molecule has 0 fully saturated rings. The molecule has 4 rings (SSSR count). The first-order valence-corrected chi connectivity index (χ1v) is 7.27. The van der Waals surface area contributed by atoms with Gasteiger partial charge in [-0.25, -0.2) is 8.96 Å². The van der Waals surface area contributed by atoms with Crippen LogP contribution in [0.2, 0.25) is 0 Å². The predicted octanol–water partition coefficient (Wildman–Crippen LogP) is 2.83. The Kier molecular flexibility index (Phi) is 2.96. The number of aryl methyl sites for hydroxylation is 1. The molecular formula is C18H16FN2O+. The van der Waals surface area contributed by atoms with Gasteiger partial charge in [-0.15, -0.1) is 0 Å². The second kappa shape index (κ2) is 4.98. The normalized spacial score (nSPS) is 15.6. The Morgan fingerprint density at radius 1 is 1.18 bits per heavy atom. The molecule has 2 aliphatic rings. The molecule has 1 aliphatic carbocycles. The van der Waals surface area contributed by atoms with Gasteiger partial charge in [0, 0.05) is 30.8 Å². The molecule has 1 aromatic heterocycles. The standard InChI is InChI=1S/C18H16FN2O/c1-20-8-6-13(7-9-20)11-21-12-14-10-15(19)2-4-17(14)22-18-5-3-16(18)21/h2-10H,11-12H2,1H3/q+1. The third-order valence-corrected chi connectivity index (χ3v) is 4.01. The van der Waals surface area contributed by atoms with E-state index in [1.807, 2.05) is 36.2 Å². The highest BCUT2D eigenvalue weighted by molar-refractivity contribution is 5.47. The van der Waals surface area contributed by atoms with Crippen molar-refractivity contribution in [3.8, 4) is 5.75 Å². The monoisotopic (exact) mass is 295 g/mol. The molecule has 0 bridgehead atoms. The van der Waals surface area contributed by atoms with Crippen LogP contribution in [0.5, 0.6) is 5.75 Å². The van der Waals surface area contributed by atoms with Crippen LogP contribution < -0.4 is 9.30 Å². The number of hydrogen-bond donors (Lipinski definition) is 0. The first-order valence-electron chi connectivity index (χ1n) is 7.27. The number of aromatic nitrogens is 1. The first-order chi connectivity index (χ1) is 10.7. The average Bonchev–Trinajstić information content (AvgIpc) is 2.56. The molecule has 22 heavy (non-hydrogen) atoms. The van der Waals surface area contributed by atoms with E-state index < -0.39 is 0 Å². The molecule has 0 saturated carbocycles. The Balaban J connectivity index is 1.66. The van der Waals surface area contributed by atoms with Gasteiger partial charge < -0.3 is 9.64 Å². The molecule has 0 atom stereocenters. The zero-order valence-electron chi connectivity index (χ0n) is 12.3. The molecule has 3 nitrogen and oxygen atoms in total. The van der Waals surface area contributed by atoms with E-state index in [-0.39, 0.29) is 5.82 Å². The second-order valence-corrected chi connectivity index (χ2v) is 5.66. The lowest BCUT2D eigenvalue weighted by atomic mass is 10.1. The molecule has 0 spiro atoms. The molecule has 0 N–H and O–H groups in total. The number of fused-ring (bicyclic) bond motifs is 1. The summed E-state index contributed by atoms with van der Waals surface area (Å²) in [4.78, 5) is 2.22. The molecule has 1 aromatic carbocycles. The summed E-state index contributed by atoms with van der Waals surface area (Å²) >= 11 is 0. The van der Waals surface area contributed by atoms with E-state index in [4.69, 9.17) is 4.74 Å². The molecule has 110 valence electrons. The molecule has 4 heteroatoms. The lowest BCUT2D eigenvalue weighted by Crippen LogP contribution is -2.28. The molecule has 0 unspecified atom stereocenters.